The van der Waals surface area contributed by atoms with Gasteiger partial charge in [-0.05, 0) is 25.1 Å². The summed E-state index contributed by atoms with van der Waals surface area (Å²) in [4.78, 5) is 13.3. The maximum atomic E-state index is 11.9. The van der Waals surface area contributed by atoms with Crippen LogP contribution in [-0.2, 0) is 0 Å². The van der Waals surface area contributed by atoms with Gasteiger partial charge in [-0.2, -0.15) is 5.26 Å². The number of carbonyl (C=O) groups is 1. The van der Waals surface area contributed by atoms with Crippen molar-refractivity contribution in [1.82, 2.24) is 4.90 Å². The highest BCUT2D eigenvalue weighted by Crippen LogP contribution is 2.20. The summed E-state index contributed by atoms with van der Waals surface area (Å²) in [5, 5.41) is 9.39. The first kappa shape index (κ1) is 12.8. The molecule has 0 saturated carbocycles. The predicted octanol–water partition coefficient (Wildman–Crippen LogP) is 2.98. The van der Waals surface area contributed by atoms with Crippen molar-refractivity contribution in [2.75, 3.05) is 13.1 Å². The van der Waals surface area contributed by atoms with Gasteiger partial charge >= 0.3 is 0 Å². The minimum Gasteiger partial charge on any atom is -0.326 e. The third kappa shape index (κ3) is 3.13. The van der Waals surface area contributed by atoms with Gasteiger partial charge in [-0.15, -0.1) is 0 Å². The lowest BCUT2D eigenvalue weighted by Crippen LogP contribution is -2.31. The van der Waals surface area contributed by atoms with E-state index < -0.39 is 0 Å². The summed E-state index contributed by atoms with van der Waals surface area (Å²) in [6.07, 6.45) is 0. The molecule has 0 radical (unpaired) electrons. The van der Waals surface area contributed by atoms with Gasteiger partial charge in [0, 0.05) is 22.2 Å². The summed E-state index contributed by atoms with van der Waals surface area (Å²) in [5.41, 5.74) is 0.398. The van der Waals surface area contributed by atoms with Crippen molar-refractivity contribution >= 4 is 29.1 Å². The van der Waals surface area contributed by atoms with E-state index in [0.29, 0.717) is 22.2 Å². The normalized spacial score (nSPS) is 9.62. The molecule has 0 aliphatic rings. The summed E-state index contributed by atoms with van der Waals surface area (Å²) < 4.78 is 0. The van der Waals surface area contributed by atoms with E-state index in [4.69, 9.17) is 28.5 Å². The number of nitriles is 1. The van der Waals surface area contributed by atoms with Gasteiger partial charge in [-0.3, -0.25) is 4.79 Å². The molecular weight excluding hydrogens is 247 g/mol. The average Bonchev–Trinajstić information content (AvgIpc) is 2.23. The molecule has 0 spiro atoms. The zero-order valence-corrected chi connectivity index (χ0v) is 10.2. The number of amides is 1. The summed E-state index contributed by atoms with van der Waals surface area (Å²) in [6.45, 7) is 2.33. The van der Waals surface area contributed by atoms with Crippen molar-refractivity contribution in [2.24, 2.45) is 0 Å². The van der Waals surface area contributed by atoms with Crippen LogP contribution in [0.4, 0.5) is 0 Å². The summed E-state index contributed by atoms with van der Waals surface area (Å²) >= 11 is 11.6. The molecule has 0 N–H and O–H groups in total. The lowest BCUT2D eigenvalue weighted by molar-refractivity contribution is 0.0784. The van der Waals surface area contributed by atoms with Crippen molar-refractivity contribution in [3.05, 3.63) is 33.8 Å². The molecule has 1 rings (SSSR count). The van der Waals surface area contributed by atoms with Crippen LogP contribution in [0.1, 0.15) is 17.3 Å². The van der Waals surface area contributed by atoms with Gasteiger partial charge in [0.25, 0.3) is 5.91 Å². The van der Waals surface area contributed by atoms with Gasteiger partial charge < -0.3 is 4.90 Å². The number of benzene rings is 1. The molecule has 0 saturated heterocycles. The SMILES string of the molecule is CCN(CC#N)C(=O)c1cc(Cl)cc(Cl)c1. The molecule has 0 unspecified atom stereocenters. The van der Waals surface area contributed by atoms with Crippen LogP contribution in [0.15, 0.2) is 18.2 Å². The largest absolute Gasteiger partial charge is 0.326 e. The topological polar surface area (TPSA) is 44.1 Å². The zero-order valence-electron chi connectivity index (χ0n) is 8.70. The highest BCUT2D eigenvalue weighted by atomic mass is 35.5. The van der Waals surface area contributed by atoms with Gasteiger partial charge in [-0.1, -0.05) is 23.2 Å². The second-order valence-corrected chi connectivity index (χ2v) is 4.01. The lowest BCUT2D eigenvalue weighted by atomic mass is 10.2. The van der Waals surface area contributed by atoms with Crippen LogP contribution in [-0.4, -0.2) is 23.9 Å². The maximum Gasteiger partial charge on any atom is 0.254 e. The maximum absolute atomic E-state index is 11.9. The van der Waals surface area contributed by atoms with Crippen LogP contribution in [0.5, 0.6) is 0 Å². The van der Waals surface area contributed by atoms with Crippen molar-refractivity contribution in [3.63, 3.8) is 0 Å². The first-order valence-electron chi connectivity index (χ1n) is 4.70. The minimum absolute atomic E-state index is 0.0550. The molecule has 0 bridgehead atoms. The Morgan fingerprint density at radius 2 is 1.94 bits per heavy atom. The fraction of sp³-hybridized carbons (Fsp3) is 0.273. The van der Waals surface area contributed by atoms with E-state index in [0.717, 1.165) is 0 Å². The Morgan fingerprint density at radius 3 is 2.38 bits per heavy atom. The van der Waals surface area contributed by atoms with Crippen LogP contribution in [0.2, 0.25) is 10.0 Å². The molecule has 1 amide bonds. The molecule has 1 aromatic rings. The predicted molar refractivity (Wildman–Crippen MR) is 63.7 cm³/mol. The van der Waals surface area contributed by atoms with Gasteiger partial charge in [-0.25, -0.2) is 0 Å². The second kappa shape index (κ2) is 5.74. The zero-order chi connectivity index (χ0) is 12.1. The van der Waals surface area contributed by atoms with Crippen molar-refractivity contribution in [1.29, 1.82) is 5.26 Å². The Bertz CT molecular complexity index is 420. The van der Waals surface area contributed by atoms with Gasteiger partial charge in [0.1, 0.15) is 6.54 Å². The average molecular weight is 257 g/mol. The quantitative estimate of drug-likeness (QED) is 0.781. The van der Waals surface area contributed by atoms with E-state index in [-0.39, 0.29) is 12.5 Å². The van der Waals surface area contributed by atoms with E-state index in [1.807, 2.05) is 6.07 Å². The van der Waals surface area contributed by atoms with E-state index >= 15 is 0 Å². The molecule has 0 fully saturated rings. The molecule has 3 nitrogen and oxygen atoms in total. The fourth-order valence-electron chi connectivity index (χ4n) is 1.27. The minimum atomic E-state index is -0.242. The molecule has 16 heavy (non-hydrogen) atoms. The highest BCUT2D eigenvalue weighted by molar-refractivity contribution is 6.35. The Hall–Kier alpha value is -1.24. The second-order valence-electron chi connectivity index (χ2n) is 3.14. The molecular formula is C11H10Cl2N2O. The molecule has 84 valence electrons. The molecule has 0 aliphatic carbocycles. The third-order valence-electron chi connectivity index (χ3n) is 2.04. The van der Waals surface area contributed by atoms with E-state index in [1.54, 1.807) is 13.0 Å². The number of carbonyl (C=O) groups excluding carboxylic acids is 1. The number of hydrogen-bond acceptors (Lipinski definition) is 2. The Balaban J connectivity index is 2.99. The summed E-state index contributed by atoms with van der Waals surface area (Å²) in [7, 11) is 0. The van der Waals surface area contributed by atoms with Crippen molar-refractivity contribution in [3.8, 4) is 6.07 Å². The molecule has 0 atom stereocenters. The molecule has 1 aromatic carbocycles. The van der Waals surface area contributed by atoms with Crippen LogP contribution < -0.4 is 0 Å². The Labute approximate surface area is 104 Å². The van der Waals surface area contributed by atoms with E-state index in [2.05, 4.69) is 0 Å². The van der Waals surface area contributed by atoms with Crippen LogP contribution in [0, 0.1) is 11.3 Å². The Morgan fingerprint density at radius 1 is 1.38 bits per heavy atom. The van der Waals surface area contributed by atoms with Gasteiger partial charge in [0.05, 0.1) is 6.07 Å². The summed E-state index contributed by atoms with van der Waals surface area (Å²) in [6, 6.07) is 6.57. The molecule has 5 heteroatoms. The standard InChI is InChI=1S/C11H10Cl2N2O/c1-2-15(4-3-14)11(16)8-5-9(12)7-10(13)6-8/h5-7H,2,4H2,1H3. The van der Waals surface area contributed by atoms with E-state index in [1.165, 1.54) is 17.0 Å². The highest BCUT2D eigenvalue weighted by Gasteiger charge is 2.14. The van der Waals surface area contributed by atoms with Crippen LogP contribution in [0.3, 0.4) is 0 Å². The third-order valence-corrected chi connectivity index (χ3v) is 2.48. The lowest BCUT2D eigenvalue weighted by Gasteiger charge is -2.17. The fourth-order valence-corrected chi connectivity index (χ4v) is 1.80. The molecule has 0 heterocycles. The van der Waals surface area contributed by atoms with Crippen LogP contribution in [0.25, 0.3) is 0 Å². The molecule has 0 aliphatic heterocycles. The van der Waals surface area contributed by atoms with Crippen LogP contribution >= 0.6 is 23.2 Å². The Kier molecular flexibility index (Phi) is 4.60. The first-order valence-corrected chi connectivity index (χ1v) is 5.46. The van der Waals surface area contributed by atoms with Gasteiger partial charge in [0.15, 0.2) is 0 Å². The number of nitrogens with zero attached hydrogens (tertiary/aromatic N) is 2. The van der Waals surface area contributed by atoms with Crippen molar-refractivity contribution in [2.45, 2.75) is 6.92 Å². The van der Waals surface area contributed by atoms with Crippen molar-refractivity contribution < 1.29 is 4.79 Å². The number of halogens is 2. The monoisotopic (exact) mass is 256 g/mol. The summed E-state index contributed by atoms with van der Waals surface area (Å²) in [5.74, 6) is -0.242. The number of rotatable bonds is 3. The van der Waals surface area contributed by atoms with E-state index in [9.17, 15) is 4.79 Å². The smallest absolute Gasteiger partial charge is 0.254 e. The van der Waals surface area contributed by atoms with Gasteiger partial charge in [0.2, 0.25) is 0 Å². The first-order chi connectivity index (χ1) is 7.58. The number of hydrogen-bond donors (Lipinski definition) is 0. The molecule has 0 aromatic heterocycles.